The molecule has 0 nitrogen and oxygen atoms in total. The first-order valence-electron chi connectivity index (χ1n) is 19.8. The van der Waals surface area contributed by atoms with Crippen molar-refractivity contribution in [2.24, 2.45) is 21.7 Å². The molecule has 304 valence electrons. The topological polar surface area (TPSA) is 0 Å². The minimum atomic E-state index is 0. The number of rotatable bonds is 0. The predicted molar refractivity (Wildman–Crippen MR) is 240 cm³/mol. The zero-order valence-corrected chi connectivity index (χ0v) is 43.5. The molecule has 0 spiro atoms. The summed E-state index contributed by atoms with van der Waals surface area (Å²) in [4.78, 5) is 0. The second-order valence-corrected chi connectivity index (χ2v) is 19.0. The Morgan fingerprint density at radius 2 is 0.483 bits per heavy atom. The Hall–Kier alpha value is -2.07. The summed E-state index contributed by atoms with van der Waals surface area (Å²) in [5.74, 6) is 1.85. The molecule has 0 fully saturated rings. The molecule has 4 aliphatic carbocycles. The molecule has 4 heteroatoms. The fourth-order valence-corrected chi connectivity index (χ4v) is 7.54. The second kappa shape index (κ2) is 23.8. The van der Waals surface area contributed by atoms with Crippen LogP contribution in [0.5, 0.6) is 0 Å². The molecule has 4 atom stereocenters. The number of hydrogen-bond acceptors (Lipinski definition) is 0. The van der Waals surface area contributed by atoms with Crippen LogP contribution >= 0.6 is 0 Å². The molecular formula is C54H64Cl2Zr2-2. The Morgan fingerprint density at radius 3 is 0.638 bits per heavy atom. The maximum atomic E-state index is 3.44. The van der Waals surface area contributed by atoms with Gasteiger partial charge in [-0.05, 0) is 21.7 Å². The molecule has 4 unspecified atom stereocenters. The van der Waals surface area contributed by atoms with E-state index in [1.165, 1.54) is 93.0 Å². The molecule has 4 aromatic carbocycles. The molecule has 8 rings (SSSR count). The molecule has 0 heterocycles. The number of benzene rings is 4. The molecule has 0 saturated heterocycles. The van der Waals surface area contributed by atoms with E-state index in [2.05, 4.69) is 237 Å². The van der Waals surface area contributed by atoms with Crippen molar-refractivity contribution in [2.45, 2.75) is 107 Å². The normalized spacial score (nSPS) is 18.5. The molecule has 0 N–H and O–H groups in total. The van der Waals surface area contributed by atoms with Crippen LogP contribution < -0.4 is 24.8 Å². The van der Waals surface area contributed by atoms with E-state index in [-0.39, 0.29) is 46.5 Å². The van der Waals surface area contributed by atoms with Crippen LogP contribution in [-0.2, 0) is 48.5 Å². The van der Waals surface area contributed by atoms with Crippen molar-refractivity contribution in [1.29, 1.82) is 0 Å². The van der Waals surface area contributed by atoms with Gasteiger partial charge < -0.3 is 24.8 Å². The molecule has 0 aliphatic heterocycles. The first-order chi connectivity index (χ1) is 26.4. The van der Waals surface area contributed by atoms with Gasteiger partial charge in [0.15, 0.2) is 0 Å². The number of halogens is 2. The summed E-state index contributed by atoms with van der Waals surface area (Å²) in [6.45, 7) is 27.2. The summed E-state index contributed by atoms with van der Waals surface area (Å²) in [6, 6.07) is 34.3. The fourth-order valence-electron chi connectivity index (χ4n) is 7.54. The first-order valence-corrected chi connectivity index (χ1v) is 23.3. The minimum absolute atomic E-state index is 0. The molecule has 0 radical (unpaired) electrons. The third-order valence-corrected chi connectivity index (χ3v) is 10.3. The summed E-state index contributed by atoms with van der Waals surface area (Å²) >= 11 is 2.60. The Balaban J connectivity index is 0.000000371. The molecule has 0 aromatic heterocycles. The monoisotopic (exact) mass is 962 g/mol. The van der Waals surface area contributed by atoms with Crippen LogP contribution in [0.1, 0.15) is 151 Å². The van der Waals surface area contributed by atoms with E-state index in [4.69, 9.17) is 0 Å². The van der Waals surface area contributed by atoms with Crippen LogP contribution in [0.4, 0.5) is 0 Å². The van der Waals surface area contributed by atoms with Crippen LogP contribution in [-0.4, -0.2) is 8.42 Å². The maximum absolute atomic E-state index is 3.44. The third-order valence-electron chi connectivity index (χ3n) is 10.3. The van der Waals surface area contributed by atoms with E-state index < -0.39 is 0 Å². The van der Waals surface area contributed by atoms with Gasteiger partial charge in [0.1, 0.15) is 0 Å². The summed E-state index contributed by atoms with van der Waals surface area (Å²) in [7, 11) is 0. The molecule has 0 saturated carbocycles. The Bertz CT molecular complexity index is 1700. The average Bonchev–Trinajstić information content (AvgIpc) is 3.97. The van der Waals surface area contributed by atoms with Crippen molar-refractivity contribution < 1.29 is 73.3 Å². The number of hydrogen-bond donors (Lipinski definition) is 0. The van der Waals surface area contributed by atoms with Gasteiger partial charge in [-0.15, -0.1) is 46.5 Å². The zero-order valence-electron chi connectivity index (χ0n) is 37.0. The molecule has 4 aromatic rings. The Kier molecular flexibility index (Phi) is 22.1. The van der Waals surface area contributed by atoms with E-state index in [9.17, 15) is 0 Å². The van der Waals surface area contributed by atoms with E-state index in [0.717, 1.165) is 0 Å². The van der Waals surface area contributed by atoms with Gasteiger partial charge in [-0.2, -0.15) is 22.3 Å². The van der Waals surface area contributed by atoms with Crippen LogP contribution in [0.2, 0.25) is 0 Å². The smallest absolute Gasteiger partial charge is 1.00 e. The van der Waals surface area contributed by atoms with Crippen LogP contribution in [0, 0.1) is 46.0 Å². The number of fused-ring (bicyclic) bond motifs is 4. The van der Waals surface area contributed by atoms with E-state index in [1.54, 1.807) is 0 Å². The number of allylic oxidation sites excluding steroid dienone is 4. The summed E-state index contributed by atoms with van der Waals surface area (Å²) in [6.07, 6.45) is 22.2. The van der Waals surface area contributed by atoms with E-state index in [0.29, 0.717) is 23.7 Å². The van der Waals surface area contributed by atoms with Crippen LogP contribution in [0.3, 0.4) is 0 Å². The maximum Gasteiger partial charge on any atom is -1.00 e. The molecule has 0 bridgehead atoms. The van der Waals surface area contributed by atoms with Crippen molar-refractivity contribution >= 4 is 32.7 Å². The zero-order chi connectivity index (χ0) is 41.9. The third kappa shape index (κ3) is 14.5. The second-order valence-electron chi connectivity index (χ2n) is 19.0. The average molecular weight is 966 g/mol. The van der Waals surface area contributed by atoms with Crippen molar-refractivity contribution in [3.63, 3.8) is 0 Å². The predicted octanol–water partition coefficient (Wildman–Crippen LogP) is 8.52. The fraction of sp³-hybridized carbons (Fsp3) is 0.370. The van der Waals surface area contributed by atoms with Gasteiger partial charge in [-0.3, -0.25) is 24.3 Å². The van der Waals surface area contributed by atoms with Crippen molar-refractivity contribution in [2.75, 3.05) is 0 Å². The van der Waals surface area contributed by atoms with Crippen molar-refractivity contribution in [3.8, 4) is 0 Å². The summed E-state index contributed by atoms with van der Waals surface area (Å²) in [5, 5.41) is 0. The molecular weight excluding hydrogens is 902 g/mol. The van der Waals surface area contributed by atoms with Gasteiger partial charge >= 0.3 is 56.9 Å². The summed E-state index contributed by atoms with van der Waals surface area (Å²) < 4.78 is 6.68. The van der Waals surface area contributed by atoms with Gasteiger partial charge in [-0.25, -0.2) is 24.3 Å². The van der Waals surface area contributed by atoms with Gasteiger partial charge in [0.25, 0.3) is 0 Å². The van der Waals surface area contributed by atoms with Gasteiger partial charge in [0.05, 0.1) is 0 Å². The largest absolute Gasteiger partial charge is 1.00 e. The molecule has 58 heavy (non-hydrogen) atoms. The first kappa shape index (κ1) is 53.9. The molecule has 0 amide bonds. The standard InChI is InChI=1S/4C13H15.2CH2.2ClH.2Zr/c4*1-13(2,3)12-9-8-10-6-4-5-7-11(10)12;;;;;;/h4*4-8,12H,1-3H3;2*1H2;2*1H;;/q4*-1;;;;;2*+2/p-2. The van der Waals surface area contributed by atoms with Crippen molar-refractivity contribution in [3.05, 3.63) is 166 Å². The van der Waals surface area contributed by atoms with Gasteiger partial charge in [0, 0.05) is 0 Å². The SMILES string of the molecule is CC(C)(C)C1[C-]=Cc2ccccc21.CC(C)(C)C1[C-]=Cc2ccccc21.CC(C)(C)C1[C-]=Cc2ccccc21.CC(C)(C)C1[C-]=Cc2ccccc21.[CH2]=[Zr+2].[CH2]=[Zr+2].[Cl-].[Cl-]. The quantitative estimate of drug-likeness (QED) is 0.155. The van der Waals surface area contributed by atoms with Crippen LogP contribution in [0.15, 0.2) is 97.1 Å². The summed E-state index contributed by atoms with van der Waals surface area (Å²) in [5.41, 5.74) is 12.2. The van der Waals surface area contributed by atoms with Gasteiger partial charge in [-0.1, -0.05) is 180 Å². The van der Waals surface area contributed by atoms with Crippen LogP contribution in [0.25, 0.3) is 24.3 Å². The Morgan fingerprint density at radius 1 is 0.328 bits per heavy atom. The minimum Gasteiger partial charge on any atom is -1.00 e. The van der Waals surface area contributed by atoms with E-state index in [1.807, 2.05) is 0 Å². The van der Waals surface area contributed by atoms with Crippen molar-refractivity contribution in [1.82, 2.24) is 0 Å². The molecule has 4 aliphatic rings. The Labute approximate surface area is 396 Å². The van der Waals surface area contributed by atoms with Gasteiger partial charge in [0.2, 0.25) is 0 Å². The van der Waals surface area contributed by atoms with E-state index >= 15 is 0 Å².